The van der Waals surface area contributed by atoms with E-state index in [0.29, 0.717) is 18.7 Å². The molecule has 0 aliphatic rings. The molecule has 0 saturated heterocycles. The van der Waals surface area contributed by atoms with Gasteiger partial charge in [0.15, 0.2) is 0 Å². The van der Waals surface area contributed by atoms with E-state index in [1.54, 1.807) is 12.1 Å². The topological polar surface area (TPSA) is 68.3 Å². The first-order valence-corrected chi connectivity index (χ1v) is 8.40. The van der Waals surface area contributed by atoms with Crippen LogP contribution in [0.4, 0.5) is 0 Å². The molecule has 5 nitrogen and oxygen atoms in total. The van der Waals surface area contributed by atoms with Crippen LogP contribution >= 0.6 is 11.3 Å². The van der Waals surface area contributed by atoms with Gasteiger partial charge in [0.2, 0.25) is 4.34 Å². The molecule has 1 aromatic carbocycles. The summed E-state index contributed by atoms with van der Waals surface area (Å²) >= 11 is 1.15. The van der Waals surface area contributed by atoms with Crippen LogP contribution in [0.2, 0.25) is 0 Å². The number of sulfonamides is 1. The predicted octanol–water partition coefficient (Wildman–Crippen LogP) is 2.38. The maximum atomic E-state index is 12.0. The lowest BCUT2D eigenvalue weighted by atomic mass is 10.3. The Bertz CT molecular complexity index is 665. The maximum absolute atomic E-state index is 12.0. The van der Waals surface area contributed by atoms with Gasteiger partial charge in [0.25, 0.3) is 10.0 Å². The van der Waals surface area contributed by atoms with E-state index in [0.717, 1.165) is 28.2 Å². The highest BCUT2D eigenvalue weighted by molar-refractivity contribution is 7.91. The molecule has 19 heavy (non-hydrogen) atoms. The van der Waals surface area contributed by atoms with Crippen molar-refractivity contribution in [2.45, 2.75) is 24.6 Å². The van der Waals surface area contributed by atoms with Crippen molar-refractivity contribution < 1.29 is 13.2 Å². The van der Waals surface area contributed by atoms with E-state index in [1.807, 2.05) is 19.9 Å². The molecule has 0 saturated carbocycles. The van der Waals surface area contributed by atoms with Gasteiger partial charge in [0.05, 0.1) is 16.8 Å². The van der Waals surface area contributed by atoms with Crippen LogP contribution in [0.15, 0.2) is 22.5 Å². The molecule has 0 atom stereocenters. The number of nitrogens with zero attached hydrogens (tertiary/aromatic N) is 1. The first-order valence-electron chi connectivity index (χ1n) is 6.10. The Hall–Kier alpha value is -1.18. The largest absolute Gasteiger partial charge is 0.494 e. The summed E-state index contributed by atoms with van der Waals surface area (Å²) in [6, 6.07) is 5.38. The second-order valence-electron chi connectivity index (χ2n) is 3.94. The van der Waals surface area contributed by atoms with Gasteiger partial charge < -0.3 is 4.74 Å². The van der Waals surface area contributed by atoms with E-state index >= 15 is 0 Å². The van der Waals surface area contributed by atoms with Gasteiger partial charge in [-0.25, -0.2) is 18.1 Å². The van der Waals surface area contributed by atoms with Crippen molar-refractivity contribution >= 4 is 31.6 Å². The van der Waals surface area contributed by atoms with Crippen LogP contribution in [0.5, 0.6) is 5.75 Å². The molecule has 1 heterocycles. The lowest BCUT2D eigenvalue weighted by Gasteiger charge is -2.00. The molecule has 0 radical (unpaired) electrons. The second kappa shape index (κ2) is 5.85. The van der Waals surface area contributed by atoms with E-state index < -0.39 is 10.0 Å². The molecule has 0 amide bonds. The smallest absolute Gasteiger partial charge is 0.267 e. The molecule has 7 heteroatoms. The van der Waals surface area contributed by atoms with Gasteiger partial charge in [0, 0.05) is 6.54 Å². The van der Waals surface area contributed by atoms with Gasteiger partial charge in [-0.2, -0.15) is 0 Å². The van der Waals surface area contributed by atoms with Crippen molar-refractivity contribution in [3.63, 3.8) is 0 Å². The highest BCUT2D eigenvalue weighted by Crippen LogP contribution is 2.28. The zero-order valence-electron chi connectivity index (χ0n) is 10.8. The average molecular weight is 300 g/mol. The Morgan fingerprint density at radius 2 is 2.16 bits per heavy atom. The molecule has 0 spiro atoms. The molecule has 104 valence electrons. The van der Waals surface area contributed by atoms with Crippen LogP contribution in [0.3, 0.4) is 0 Å². The van der Waals surface area contributed by atoms with Crippen molar-refractivity contribution in [1.82, 2.24) is 9.71 Å². The molecule has 0 aliphatic carbocycles. The van der Waals surface area contributed by atoms with E-state index in [9.17, 15) is 8.42 Å². The molecule has 2 aromatic rings. The van der Waals surface area contributed by atoms with Crippen LogP contribution in [-0.4, -0.2) is 26.6 Å². The molecular formula is C12H16N2O3S2. The van der Waals surface area contributed by atoms with Crippen molar-refractivity contribution in [3.05, 3.63) is 18.2 Å². The zero-order valence-corrected chi connectivity index (χ0v) is 12.5. The fourth-order valence-corrected chi connectivity index (χ4v) is 3.98. The minimum Gasteiger partial charge on any atom is -0.494 e. The summed E-state index contributed by atoms with van der Waals surface area (Å²) in [6.45, 7) is 4.81. The number of hydrogen-bond donors (Lipinski definition) is 1. The van der Waals surface area contributed by atoms with E-state index in [-0.39, 0.29) is 4.34 Å². The quantitative estimate of drug-likeness (QED) is 0.889. The van der Waals surface area contributed by atoms with E-state index in [4.69, 9.17) is 4.74 Å². The fraction of sp³-hybridized carbons (Fsp3) is 0.417. The molecule has 0 bridgehead atoms. The Balaban J connectivity index is 2.36. The van der Waals surface area contributed by atoms with Gasteiger partial charge in [-0.3, -0.25) is 0 Å². The summed E-state index contributed by atoms with van der Waals surface area (Å²) < 4.78 is 32.8. The SMILES string of the molecule is CCCNS(=O)(=O)c1nc2ccc(OCC)cc2s1. The summed E-state index contributed by atoms with van der Waals surface area (Å²) in [5.41, 5.74) is 0.672. The van der Waals surface area contributed by atoms with Crippen LogP contribution in [-0.2, 0) is 10.0 Å². The summed E-state index contributed by atoms with van der Waals surface area (Å²) in [6.07, 6.45) is 0.749. The highest BCUT2D eigenvalue weighted by Gasteiger charge is 2.18. The summed E-state index contributed by atoms with van der Waals surface area (Å²) in [5, 5.41) is 0. The van der Waals surface area contributed by atoms with E-state index in [1.165, 1.54) is 0 Å². The number of rotatable bonds is 6. The Kier molecular flexibility index (Phi) is 4.38. The number of ether oxygens (including phenoxy) is 1. The lowest BCUT2D eigenvalue weighted by Crippen LogP contribution is -2.24. The predicted molar refractivity (Wildman–Crippen MR) is 76.3 cm³/mol. The van der Waals surface area contributed by atoms with E-state index in [2.05, 4.69) is 9.71 Å². The monoisotopic (exact) mass is 300 g/mol. The number of hydrogen-bond acceptors (Lipinski definition) is 5. The van der Waals surface area contributed by atoms with Gasteiger partial charge in [-0.15, -0.1) is 11.3 Å². The summed E-state index contributed by atoms with van der Waals surface area (Å²) in [4.78, 5) is 4.15. The molecular weight excluding hydrogens is 284 g/mol. The van der Waals surface area contributed by atoms with Gasteiger partial charge in [-0.05, 0) is 31.5 Å². The Morgan fingerprint density at radius 1 is 1.37 bits per heavy atom. The molecule has 0 unspecified atom stereocenters. The molecule has 0 fully saturated rings. The third-order valence-electron chi connectivity index (χ3n) is 2.42. The third kappa shape index (κ3) is 3.23. The maximum Gasteiger partial charge on any atom is 0.267 e. The second-order valence-corrected chi connectivity index (χ2v) is 6.91. The zero-order chi connectivity index (χ0) is 13.9. The molecule has 1 N–H and O–H groups in total. The minimum atomic E-state index is -3.49. The number of aromatic nitrogens is 1. The van der Waals surface area contributed by atoms with Crippen LogP contribution in [0.25, 0.3) is 10.2 Å². The third-order valence-corrected chi connectivity index (χ3v) is 5.28. The number of thiazole rings is 1. The number of fused-ring (bicyclic) bond motifs is 1. The van der Waals surface area contributed by atoms with Gasteiger partial charge in [0.1, 0.15) is 5.75 Å². The van der Waals surface area contributed by atoms with Crippen molar-refractivity contribution in [3.8, 4) is 5.75 Å². The van der Waals surface area contributed by atoms with Gasteiger partial charge in [-0.1, -0.05) is 6.92 Å². The number of nitrogens with one attached hydrogen (secondary N) is 1. The summed E-state index contributed by atoms with van der Waals surface area (Å²) in [5.74, 6) is 0.726. The number of benzene rings is 1. The van der Waals surface area contributed by atoms with Crippen LogP contribution in [0.1, 0.15) is 20.3 Å². The minimum absolute atomic E-state index is 0.101. The average Bonchev–Trinajstić information content (AvgIpc) is 2.81. The van der Waals surface area contributed by atoms with Crippen molar-refractivity contribution in [2.75, 3.05) is 13.2 Å². The van der Waals surface area contributed by atoms with Crippen LogP contribution in [0, 0.1) is 0 Å². The Morgan fingerprint density at radius 3 is 2.84 bits per heavy atom. The standard InChI is InChI=1S/C12H16N2O3S2/c1-3-7-13-19(15,16)12-14-10-6-5-9(17-4-2)8-11(10)18-12/h5-6,8,13H,3-4,7H2,1-2H3. The molecule has 1 aromatic heterocycles. The lowest BCUT2D eigenvalue weighted by molar-refractivity contribution is 0.341. The summed E-state index contributed by atoms with van der Waals surface area (Å²) in [7, 11) is -3.49. The van der Waals surface area contributed by atoms with Crippen LogP contribution < -0.4 is 9.46 Å². The molecule has 0 aliphatic heterocycles. The molecule has 2 rings (SSSR count). The first kappa shape index (κ1) is 14.2. The van der Waals surface area contributed by atoms with Crippen molar-refractivity contribution in [1.29, 1.82) is 0 Å². The fourth-order valence-electron chi connectivity index (χ4n) is 1.55. The highest BCUT2D eigenvalue weighted by atomic mass is 32.2. The Labute approximate surface area is 116 Å². The van der Waals surface area contributed by atoms with Gasteiger partial charge >= 0.3 is 0 Å². The van der Waals surface area contributed by atoms with Crippen molar-refractivity contribution in [2.24, 2.45) is 0 Å². The normalized spacial score (nSPS) is 11.9. The first-order chi connectivity index (χ1) is 9.06.